The lowest BCUT2D eigenvalue weighted by Gasteiger charge is -2.59. The Morgan fingerprint density at radius 2 is 1.89 bits per heavy atom. The van der Waals surface area contributed by atoms with Crippen molar-refractivity contribution in [3.63, 3.8) is 0 Å². The Morgan fingerprint density at radius 3 is 2.46 bits per heavy atom. The molecular weight excluding hydrogens is 372 g/mol. The molecule has 4 fully saturated rings. The van der Waals surface area contributed by atoms with Gasteiger partial charge >= 0.3 is 0 Å². The molecule has 5 nitrogen and oxygen atoms in total. The van der Waals surface area contributed by atoms with E-state index in [-0.39, 0.29) is 16.3 Å². The Hall–Kier alpha value is -1.88. The minimum atomic E-state index is -0.241. The van der Waals surface area contributed by atoms with Crippen molar-refractivity contribution in [3.05, 3.63) is 42.5 Å². The van der Waals surface area contributed by atoms with Crippen LogP contribution in [0.3, 0.4) is 0 Å². The molecule has 0 spiro atoms. The van der Waals surface area contributed by atoms with E-state index in [2.05, 4.69) is 29.1 Å². The van der Waals surface area contributed by atoms with Gasteiger partial charge in [-0.05, 0) is 75.0 Å². The van der Waals surface area contributed by atoms with E-state index >= 15 is 0 Å². The molecule has 4 bridgehead atoms. The van der Waals surface area contributed by atoms with E-state index in [9.17, 15) is 4.79 Å². The third-order valence-electron chi connectivity index (χ3n) is 7.40. The molecule has 0 radical (unpaired) electrons. The first-order valence-electron chi connectivity index (χ1n) is 10.3. The summed E-state index contributed by atoms with van der Waals surface area (Å²) in [5.41, 5.74) is 1.85. The number of alkyl halides is 1. The standard InChI is InChI=1S/C22H27ClN4O/c1-15(18-3-5-19(6-4-18)27-14-24-13-25-27)26(2)20(28)21-8-16-7-17(9-21)11-22(23,10-16)12-21/h3-6,13-17H,7-12H2,1-2H3. The summed E-state index contributed by atoms with van der Waals surface area (Å²) in [6, 6.07) is 8.23. The van der Waals surface area contributed by atoms with Crippen molar-refractivity contribution in [2.24, 2.45) is 17.3 Å². The predicted molar refractivity (Wildman–Crippen MR) is 108 cm³/mol. The molecular formula is C22H27ClN4O. The molecule has 4 saturated carbocycles. The van der Waals surface area contributed by atoms with Gasteiger partial charge in [0, 0.05) is 11.9 Å². The lowest BCUT2D eigenvalue weighted by molar-refractivity contribution is -0.156. The van der Waals surface area contributed by atoms with Crippen molar-refractivity contribution in [2.75, 3.05) is 7.05 Å². The summed E-state index contributed by atoms with van der Waals surface area (Å²) in [5.74, 6) is 1.56. The van der Waals surface area contributed by atoms with Crippen molar-refractivity contribution < 1.29 is 4.79 Å². The number of hydrogen-bond donors (Lipinski definition) is 0. The second-order valence-corrected chi connectivity index (χ2v) is 10.2. The molecule has 2 aromatic rings. The summed E-state index contributed by atoms with van der Waals surface area (Å²) in [7, 11) is 1.96. The van der Waals surface area contributed by atoms with Crippen LogP contribution in [0.4, 0.5) is 0 Å². The van der Waals surface area contributed by atoms with E-state index in [0.29, 0.717) is 17.7 Å². The van der Waals surface area contributed by atoms with Crippen LogP contribution in [0.15, 0.2) is 36.9 Å². The van der Waals surface area contributed by atoms with Crippen LogP contribution < -0.4 is 0 Å². The van der Waals surface area contributed by atoms with Crippen LogP contribution in [-0.2, 0) is 4.79 Å². The molecule has 0 aliphatic heterocycles. The number of hydrogen-bond acceptors (Lipinski definition) is 3. The molecule has 1 aromatic heterocycles. The maximum Gasteiger partial charge on any atom is 0.229 e. The Bertz CT molecular complexity index is 864. The van der Waals surface area contributed by atoms with E-state index in [0.717, 1.165) is 43.4 Å². The van der Waals surface area contributed by atoms with Crippen molar-refractivity contribution in [3.8, 4) is 5.69 Å². The predicted octanol–water partition coefficient (Wildman–Crippen LogP) is 4.36. The number of nitrogens with zero attached hydrogens (tertiary/aromatic N) is 4. The Kier molecular flexibility index (Phi) is 4.10. The highest BCUT2D eigenvalue weighted by Crippen LogP contribution is 2.64. The number of rotatable bonds is 4. The van der Waals surface area contributed by atoms with Crippen LogP contribution in [-0.4, -0.2) is 37.5 Å². The van der Waals surface area contributed by atoms with Crippen LogP contribution in [0, 0.1) is 17.3 Å². The average Bonchev–Trinajstić information content (AvgIpc) is 3.19. The van der Waals surface area contributed by atoms with E-state index in [4.69, 9.17) is 11.6 Å². The topological polar surface area (TPSA) is 51.0 Å². The van der Waals surface area contributed by atoms with Crippen LogP contribution in [0.5, 0.6) is 0 Å². The molecule has 1 heterocycles. The molecule has 4 aliphatic rings. The fourth-order valence-corrected chi connectivity index (χ4v) is 7.11. The van der Waals surface area contributed by atoms with Crippen molar-refractivity contribution >= 4 is 17.5 Å². The molecule has 3 atom stereocenters. The van der Waals surface area contributed by atoms with Gasteiger partial charge in [-0.2, -0.15) is 5.10 Å². The third kappa shape index (κ3) is 2.86. The van der Waals surface area contributed by atoms with Gasteiger partial charge < -0.3 is 4.90 Å². The van der Waals surface area contributed by atoms with Gasteiger partial charge in [-0.15, -0.1) is 11.6 Å². The largest absolute Gasteiger partial charge is 0.339 e. The maximum atomic E-state index is 13.7. The quantitative estimate of drug-likeness (QED) is 0.719. The second-order valence-electron chi connectivity index (χ2n) is 9.42. The molecule has 28 heavy (non-hydrogen) atoms. The Balaban J connectivity index is 1.36. The van der Waals surface area contributed by atoms with Gasteiger partial charge in [0.05, 0.1) is 17.1 Å². The normalized spacial score (nSPS) is 34.4. The minimum Gasteiger partial charge on any atom is -0.339 e. The summed E-state index contributed by atoms with van der Waals surface area (Å²) >= 11 is 6.95. The summed E-state index contributed by atoms with van der Waals surface area (Å²) in [5, 5.41) is 4.17. The van der Waals surface area contributed by atoms with Crippen molar-refractivity contribution in [1.82, 2.24) is 19.7 Å². The Morgan fingerprint density at radius 1 is 1.21 bits per heavy atom. The van der Waals surface area contributed by atoms with Gasteiger partial charge in [-0.1, -0.05) is 12.1 Å². The number of halogens is 1. The highest BCUT2D eigenvalue weighted by atomic mass is 35.5. The van der Waals surface area contributed by atoms with E-state index in [1.54, 1.807) is 11.0 Å². The molecule has 6 rings (SSSR count). The molecule has 6 heteroatoms. The van der Waals surface area contributed by atoms with Crippen LogP contribution in [0.2, 0.25) is 0 Å². The fraction of sp³-hybridized carbons (Fsp3) is 0.591. The molecule has 1 amide bonds. The summed E-state index contributed by atoms with van der Waals surface area (Å²) < 4.78 is 1.73. The number of carbonyl (C=O) groups is 1. The average molecular weight is 399 g/mol. The van der Waals surface area contributed by atoms with Crippen LogP contribution in [0.1, 0.15) is 57.1 Å². The van der Waals surface area contributed by atoms with E-state index < -0.39 is 0 Å². The number of aromatic nitrogens is 3. The molecule has 148 valence electrons. The zero-order chi connectivity index (χ0) is 19.5. The molecule has 3 unspecified atom stereocenters. The highest BCUT2D eigenvalue weighted by Gasteiger charge is 2.60. The second kappa shape index (κ2) is 6.31. The molecule has 1 aromatic carbocycles. The zero-order valence-electron chi connectivity index (χ0n) is 16.5. The summed E-state index contributed by atoms with van der Waals surface area (Å²) in [4.78, 5) is 19.5. The first-order valence-corrected chi connectivity index (χ1v) is 10.7. The third-order valence-corrected chi connectivity index (χ3v) is 7.85. The first kappa shape index (κ1) is 18.2. The first-order chi connectivity index (χ1) is 13.4. The summed E-state index contributed by atoms with van der Waals surface area (Å²) in [6.07, 6.45) is 9.59. The van der Waals surface area contributed by atoms with Crippen LogP contribution in [0.25, 0.3) is 5.69 Å². The van der Waals surface area contributed by atoms with Gasteiger partial charge in [-0.3, -0.25) is 4.79 Å². The summed E-state index contributed by atoms with van der Waals surface area (Å²) in [6.45, 7) is 2.11. The van der Waals surface area contributed by atoms with Gasteiger partial charge in [0.15, 0.2) is 0 Å². The number of benzene rings is 1. The lowest BCUT2D eigenvalue weighted by Crippen LogP contribution is -2.58. The smallest absolute Gasteiger partial charge is 0.229 e. The lowest BCUT2D eigenvalue weighted by atomic mass is 9.49. The van der Waals surface area contributed by atoms with Gasteiger partial charge in [0.2, 0.25) is 5.91 Å². The molecule has 0 N–H and O–H groups in total. The monoisotopic (exact) mass is 398 g/mol. The van der Waals surface area contributed by atoms with Crippen molar-refractivity contribution in [2.45, 2.75) is 56.4 Å². The van der Waals surface area contributed by atoms with Gasteiger partial charge in [-0.25, -0.2) is 9.67 Å². The van der Waals surface area contributed by atoms with Crippen LogP contribution >= 0.6 is 11.6 Å². The SMILES string of the molecule is CC(c1ccc(-n2cncn2)cc1)N(C)C(=O)C12CC3CC(CC(Cl)(C3)C1)C2. The molecule has 4 aliphatic carbocycles. The van der Waals surface area contributed by atoms with Gasteiger partial charge in [0.1, 0.15) is 12.7 Å². The maximum absolute atomic E-state index is 13.7. The Labute approximate surface area is 171 Å². The zero-order valence-corrected chi connectivity index (χ0v) is 17.3. The highest BCUT2D eigenvalue weighted by molar-refractivity contribution is 6.24. The van der Waals surface area contributed by atoms with E-state index in [1.165, 1.54) is 12.7 Å². The fourth-order valence-electron chi connectivity index (χ4n) is 6.42. The number of carbonyl (C=O) groups excluding carboxylic acids is 1. The molecule has 0 saturated heterocycles. The minimum absolute atomic E-state index is 0.0246. The number of amides is 1. The van der Waals surface area contributed by atoms with Gasteiger partial charge in [0.25, 0.3) is 0 Å². The van der Waals surface area contributed by atoms with Crippen molar-refractivity contribution in [1.29, 1.82) is 0 Å². The van der Waals surface area contributed by atoms with E-state index in [1.807, 2.05) is 24.1 Å².